The van der Waals surface area contributed by atoms with E-state index in [1.54, 1.807) is 13.0 Å². The van der Waals surface area contributed by atoms with Crippen molar-refractivity contribution >= 4 is 17.5 Å². The highest BCUT2D eigenvalue weighted by Crippen LogP contribution is 2.28. The molecule has 0 aromatic carbocycles. The van der Waals surface area contributed by atoms with Crippen molar-refractivity contribution in [2.75, 3.05) is 0 Å². The number of aromatic nitrogens is 1. The van der Waals surface area contributed by atoms with E-state index < -0.39 is 24.0 Å². The highest BCUT2D eigenvalue weighted by atomic mass is 35.5. The van der Waals surface area contributed by atoms with Gasteiger partial charge in [-0.3, -0.25) is 4.79 Å². The van der Waals surface area contributed by atoms with Crippen molar-refractivity contribution in [3.05, 3.63) is 28.5 Å². The summed E-state index contributed by atoms with van der Waals surface area (Å²) < 4.78 is 37.5. The van der Waals surface area contributed by atoms with Crippen LogP contribution in [-0.4, -0.2) is 23.1 Å². The molecule has 1 heterocycles. The molecule has 3 nitrogen and oxygen atoms in total. The van der Waals surface area contributed by atoms with Crippen LogP contribution < -0.4 is 5.32 Å². The summed E-state index contributed by atoms with van der Waals surface area (Å²) in [6.07, 6.45) is -4.36. The predicted molar refractivity (Wildman–Crippen MR) is 66.1 cm³/mol. The summed E-state index contributed by atoms with van der Waals surface area (Å²) >= 11 is 5.66. The second kappa shape index (κ2) is 5.77. The third-order valence-electron chi connectivity index (χ3n) is 2.90. The number of nitrogens with zero attached hydrogens (tertiary/aromatic N) is 1. The first kappa shape index (κ1) is 15.8. The minimum absolute atomic E-state index is 0.0359. The maximum atomic E-state index is 12.5. The van der Waals surface area contributed by atoms with Crippen molar-refractivity contribution in [1.82, 2.24) is 10.3 Å². The van der Waals surface area contributed by atoms with Crippen LogP contribution in [0.4, 0.5) is 13.2 Å². The summed E-state index contributed by atoms with van der Waals surface area (Å²) in [7, 11) is 0. The number of amides is 1. The Kier molecular flexibility index (Phi) is 4.79. The van der Waals surface area contributed by atoms with E-state index in [9.17, 15) is 18.0 Å². The molecule has 7 heteroatoms. The van der Waals surface area contributed by atoms with Crippen molar-refractivity contribution in [1.29, 1.82) is 0 Å². The Labute approximate surface area is 114 Å². The molecule has 0 spiro atoms. The lowest BCUT2D eigenvalue weighted by atomic mass is 10.0. The predicted octanol–water partition coefficient (Wildman–Crippen LogP) is 3.36. The summed E-state index contributed by atoms with van der Waals surface area (Å²) in [5, 5.41) is 2.41. The van der Waals surface area contributed by atoms with Gasteiger partial charge in [-0.25, -0.2) is 4.98 Å². The van der Waals surface area contributed by atoms with Crippen molar-refractivity contribution in [3.63, 3.8) is 0 Å². The summed E-state index contributed by atoms with van der Waals surface area (Å²) in [6, 6.07) is 2.05. The number of hydrogen-bond donors (Lipinski definition) is 1. The Hall–Kier alpha value is -1.30. The van der Waals surface area contributed by atoms with Gasteiger partial charge >= 0.3 is 6.18 Å². The zero-order valence-electron chi connectivity index (χ0n) is 10.7. The summed E-state index contributed by atoms with van der Waals surface area (Å²) in [5.41, 5.74) is 0.586. The quantitative estimate of drug-likeness (QED) is 0.869. The zero-order chi connectivity index (χ0) is 14.8. The fourth-order valence-electron chi connectivity index (χ4n) is 1.42. The first-order valence-electron chi connectivity index (χ1n) is 5.63. The fourth-order valence-corrected chi connectivity index (χ4v) is 1.57. The lowest BCUT2D eigenvalue weighted by Crippen LogP contribution is -2.43. The molecule has 1 N–H and O–H groups in total. The Balaban J connectivity index is 2.83. The second-order valence-corrected chi connectivity index (χ2v) is 4.78. The zero-order valence-corrected chi connectivity index (χ0v) is 11.4. The first-order chi connectivity index (χ1) is 8.62. The van der Waals surface area contributed by atoms with Crippen LogP contribution in [0, 0.1) is 12.8 Å². The molecule has 106 valence electrons. The van der Waals surface area contributed by atoms with Crippen LogP contribution >= 0.6 is 11.6 Å². The number of rotatable bonds is 3. The molecule has 1 amide bonds. The Bertz CT molecular complexity index is 477. The van der Waals surface area contributed by atoms with Crippen LogP contribution in [0.2, 0.25) is 5.15 Å². The van der Waals surface area contributed by atoms with Crippen LogP contribution in [0.25, 0.3) is 0 Å². The van der Waals surface area contributed by atoms with Gasteiger partial charge < -0.3 is 5.32 Å². The van der Waals surface area contributed by atoms with Crippen molar-refractivity contribution < 1.29 is 18.0 Å². The molecule has 0 bridgehead atoms. The van der Waals surface area contributed by atoms with E-state index >= 15 is 0 Å². The fraction of sp³-hybridized carbons (Fsp3) is 0.500. The molecule has 0 aliphatic rings. The molecule has 0 aliphatic heterocycles. The van der Waals surface area contributed by atoms with Crippen molar-refractivity contribution in [3.8, 4) is 0 Å². The molecule has 0 fully saturated rings. The van der Waals surface area contributed by atoms with Gasteiger partial charge in [0, 0.05) is 6.04 Å². The van der Waals surface area contributed by atoms with Crippen LogP contribution in [0.5, 0.6) is 0 Å². The van der Waals surface area contributed by atoms with Gasteiger partial charge in [-0.2, -0.15) is 13.2 Å². The molecule has 0 aliphatic carbocycles. The molecule has 1 aromatic rings. The van der Waals surface area contributed by atoms with Crippen LogP contribution in [-0.2, 0) is 0 Å². The lowest BCUT2D eigenvalue weighted by molar-refractivity contribution is -0.175. The normalized spacial score (nSPS) is 14.9. The number of hydrogen-bond acceptors (Lipinski definition) is 2. The molecule has 19 heavy (non-hydrogen) atoms. The monoisotopic (exact) mass is 294 g/mol. The summed E-state index contributed by atoms with van der Waals surface area (Å²) in [4.78, 5) is 15.7. The van der Waals surface area contributed by atoms with Gasteiger partial charge in [-0.1, -0.05) is 24.6 Å². The summed E-state index contributed by atoms with van der Waals surface area (Å²) in [5.74, 6) is -2.31. The van der Waals surface area contributed by atoms with E-state index in [2.05, 4.69) is 10.3 Å². The second-order valence-electron chi connectivity index (χ2n) is 4.39. The Morgan fingerprint density at radius 2 is 1.95 bits per heavy atom. The van der Waals surface area contributed by atoms with Crippen LogP contribution in [0.3, 0.4) is 0 Å². The standard InChI is InChI=1S/C12H14ClF3N2O/c1-6-4-5-9(13)18-10(6)11(19)17-8(3)7(2)12(14,15)16/h4-5,7-8H,1-3H3,(H,17,19)/t7?,8-/m0/s1. The van der Waals surface area contributed by atoms with Crippen LogP contribution in [0.15, 0.2) is 12.1 Å². The van der Waals surface area contributed by atoms with E-state index in [0.29, 0.717) is 5.56 Å². The molecule has 0 saturated carbocycles. The number of carbonyl (C=O) groups is 1. The van der Waals surface area contributed by atoms with Crippen molar-refractivity contribution in [2.24, 2.45) is 5.92 Å². The number of pyridine rings is 1. The molecule has 1 aromatic heterocycles. The van der Waals surface area contributed by atoms with Gasteiger partial charge in [0.2, 0.25) is 0 Å². The third-order valence-corrected chi connectivity index (χ3v) is 3.11. The SMILES string of the molecule is Cc1ccc(Cl)nc1C(=O)N[C@@H](C)C(C)C(F)(F)F. The molecular weight excluding hydrogens is 281 g/mol. The maximum absolute atomic E-state index is 12.5. The van der Waals surface area contributed by atoms with Gasteiger partial charge in [0.25, 0.3) is 5.91 Å². The number of halogens is 4. The Morgan fingerprint density at radius 1 is 1.37 bits per heavy atom. The van der Waals surface area contributed by atoms with E-state index in [0.717, 1.165) is 6.92 Å². The number of nitrogens with one attached hydrogen (secondary N) is 1. The first-order valence-corrected chi connectivity index (χ1v) is 6.01. The van der Waals surface area contributed by atoms with E-state index in [1.165, 1.54) is 13.0 Å². The molecular formula is C12H14ClF3N2O. The van der Waals surface area contributed by atoms with Crippen molar-refractivity contribution in [2.45, 2.75) is 33.0 Å². The Morgan fingerprint density at radius 3 is 2.47 bits per heavy atom. The van der Waals surface area contributed by atoms with Gasteiger partial charge in [-0.05, 0) is 25.5 Å². The van der Waals surface area contributed by atoms with E-state index in [1.807, 2.05) is 0 Å². The molecule has 1 rings (SSSR count). The minimum Gasteiger partial charge on any atom is -0.348 e. The van der Waals surface area contributed by atoms with Crippen LogP contribution in [0.1, 0.15) is 29.9 Å². The van der Waals surface area contributed by atoms with Gasteiger partial charge in [0.1, 0.15) is 10.8 Å². The van der Waals surface area contributed by atoms with Gasteiger partial charge in [-0.15, -0.1) is 0 Å². The lowest BCUT2D eigenvalue weighted by Gasteiger charge is -2.23. The summed E-state index contributed by atoms with van der Waals surface area (Å²) in [6.45, 7) is 3.95. The van der Waals surface area contributed by atoms with Gasteiger partial charge in [0.05, 0.1) is 5.92 Å². The topological polar surface area (TPSA) is 42.0 Å². The van der Waals surface area contributed by atoms with Gasteiger partial charge in [0.15, 0.2) is 0 Å². The van der Waals surface area contributed by atoms with E-state index in [-0.39, 0.29) is 10.8 Å². The minimum atomic E-state index is -4.36. The largest absolute Gasteiger partial charge is 0.393 e. The maximum Gasteiger partial charge on any atom is 0.393 e. The molecule has 0 radical (unpaired) electrons. The molecule has 0 saturated heterocycles. The number of carbonyl (C=O) groups excluding carboxylic acids is 1. The number of aryl methyl sites for hydroxylation is 1. The average molecular weight is 295 g/mol. The third kappa shape index (κ3) is 4.09. The smallest absolute Gasteiger partial charge is 0.348 e. The average Bonchev–Trinajstić information content (AvgIpc) is 2.29. The molecule has 2 atom stereocenters. The van der Waals surface area contributed by atoms with E-state index in [4.69, 9.17) is 11.6 Å². The highest BCUT2D eigenvalue weighted by molar-refractivity contribution is 6.29. The molecule has 1 unspecified atom stereocenters. The highest BCUT2D eigenvalue weighted by Gasteiger charge is 2.40. The number of alkyl halides is 3.